The zero-order chi connectivity index (χ0) is 19.3. The monoisotopic (exact) mass is 382 g/mol. The molecule has 5 nitrogen and oxygen atoms in total. The predicted octanol–water partition coefficient (Wildman–Crippen LogP) is 3.18. The molecule has 1 amide bonds. The van der Waals surface area contributed by atoms with Crippen LogP contribution in [0.1, 0.15) is 37.7 Å². The second kappa shape index (κ2) is 9.10. The Balaban J connectivity index is 1.37. The van der Waals surface area contributed by atoms with Crippen LogP contribution in [0.25, 0.3) is 10.9 Å². The minimum absolute atomic E-state index is 0.324. The van der Waals surface area contributed by atoms with Gasteiger partial charge >= 0.3 is 0 Å². The Kier molecular flexibility index (Phi) is 6.33. The van der Waals surface area contributed by atoms with Gasteiger partial charge in [-0.3, -0.25) is 9.69 Å². The lowest BCUT2D eigenvalue weighted by molar-refractivity contribution is -0.132. The Morgan fingerprint density at radius 2 is 1.71 bits per heavy atom. The van der Waals surface area contributed by atoms with Crippen LogP contribution in [-0.4, -0.2) is 71.5 Å². The van der Waals surface area contributed by atoms with Crippen LogP contribution in [0.5, 0.6) is 0 Å². The normalized spacial score (nSPS) is 19.4. The molecular weight excluding hydrogens is 348 g/mol. The van der Waals surface area contributed by atoms with Crippen molar-refractivity contribution in [2.75, 3.05) is 46.3 Å². The number of para-hydroxylation sites is 1. The van der Waals surface area contributed by atoms with Crippen molar-refractivity contribution in [1.82, 2.24) is 19.3 Å². The summed E-state index contributed by atoms with van der Waals surface area (Å²) in [5, 5.41) is 1.35. The Hall–Kier alpha value is -1.85. The third-order valence-corrected chi connectivity index (χ3v) is 6.36. The fourth-order valence-corrected chi connectivity index (χ4v) is 4.60. The van der Waals surface area contributed by atoms with E-state index in [1.165, 1.54) is 48.8 Å². The van der Waals surface area contributed by atoms with E-state index in [4.69, 9.17) is 0 Å². The number of likely N-dealkylation sites (tertiary alicyclic amines) is 1. The van der Waals surface area contributed by atoms with E-state index in [1.807, 2.05) is 4.90 Å². The first kappa shape index (κ1) is 19.5. The van der Waals surface area contributed by atoms with Crippen molar-refractivity contribution in [1.29, 1.82) is 0 Å². The fourth-order valence-electron chi connectivity index (χ4n) is 4.60. The van der Waals surface area contributed by atoms with Crippen molar-refractivity contribution in [2.24, 2.45) is 0 Å². The molecule has 1 aromatic carbocycles. The highest BCUT2D eigenvalue weighted by Crippen LogP contribution is 2.24. The zero-order valence-corrected chi connectivity index (χ0v) is 17.3. The Morgan fingerprint density at radius 1 is 0.964 bits per heavy atom. The summed E-state index contributed by atoms with van der Waals surface area (Å²) in [6.45, 7) is 7.16. The molecule has 0 N–H and O–H groups in total. The van der Waals surface area contributed by atoms with Gasteiger partial charge in [0.2, 0.25) is 5.91 Å². The molecule has 0 bridgehead atoms. The first-order valence-electron chi connectivity index (χ1n) is 11.0. The smallest absolute Gasteiger partial charge is 0.222 e. The quantitative estimate of drug-likeness (QED) is 0.769. The van der Waals surface area contributed by atoms with Gasteiger partial charge in [0.15, 0.2) is 0 Å². The maximum Gasteiger partial charge on any atom is 0.222 e. The third-order valence-electron chi connectivity index (χ3n) is 6.36. The van der Waals surface area contributed by atoms with Gasteiger partial charge in [-0.25, -0.2) is 0 Å². The average Bonchev–Trinajstić information content (AvgIpc) is 3.07. The van der Waals surface area contributed by atoms with E-state index in [0.29, 0.717) is 12.3 Å². The van der Waals surface area contributed by atoms with Gasteiger partial charge in [-0.05, 0) is 57.5 Å². The summed E-state index contributed by atoms with van der Waals surface area (Å²) in [6, 6.07) is 8.74. The summed E-state index contributed by atoms with van der Waals surface area (Å²) >= 11 is 0. The van der Waals surface area contributed by atoms with Crippen LogP contribution in [0, 0.1) is 0 Å². The van der Waals surface area contributed by atoms with E-state index < -0.39 is 0 Å². The molecule has 1 aromatic heterocycles. The molecule has 28 heavy (non-hydrogen) atoms. The van der Waals surface area contributed by atoms with Crippen LogP contribution in [0.3, 0.4) is 0 Å². The number of amides is 1. The largest absolute Gasteiger partial charge is 0.340 e. The molecule has 3 heterocycles. The second-order valence-electron chi connectivity index (χ2n) is 8.50. The molecular formula is C23H34N4O. The molecule has 2 saturated heterocycles. The highest BCUT2D eigenvalue weighted by atomic mass is 16.2. The molecule has 0 radical (unpaired) electrons. The molecule has 0 spiro atoms. The van der Waals surface area contributed by atoms with Gasteiger partial charge < -0.3 is 14.4 Å². The van der Waals surface area contributed by atoms with Crippen molar-refractivity contribution in [3.8, 4) is 0 Å². The molecule has 0 unspecified atom stereocenters. The maximum atomic E-state index is 12.5. The number of aromatic nitrogens is 1. The van der Waals surface area contributed by atoms with Gasteiger partial charge in [0, 0.05) is 49.7 Å². The van der Waals surface area contributed by atoms with E-state index in [-0.39, 0.29) is 0 Å². The second-order valence-corrected chi connectivity index (χ2v) is 8.50. The van der Waals surface area contributed by atoms with E-state index in [0.717, 1.165) is 45.7 Å². The summed E-state index contributed by atoms with van der Waals surface area (Å²) in [5.41, 5.74) is 2.72. The van der Waals surface area contributed by atoms with Crippen molar-refractivity contribution in [3.63, 3.8) is 0 Å². The minimum Gasteiger partial charge on any atom is -0.340 e. The van der Waals surface area contributed by atoms with Crippen molar-refractivity contribution in [3.05, 3.63) is 36.0 Å². The Bertz CT molecular complexity index is 785. The first-order valence-corrected chi connectivity index (χ1v) is 11.0. The van der Waals surface area contributed by atoms with Crippen molar-refractivity contribution < 1.29 is 4.79 Å². The van der Waals surface area contributed by atoms with Gasteiger partial charge in [-0.1, -0.05) is 24.6 Å². The highest BCUT2D eigenvalue weighted by Gasteiger charge is 2.19. The number of carbonyl (C=O) groups is 1. The molecule has 2 aliphatic heterocycles. The summed E-state index contributed by atoms with van der Waals surface area (Å²) in [4.78, 5) is 19.4. The number of benzene rings is 1. The number of aryl methyl sites for hydroxylation is 1. The number of hydrogen-bond acceptors (Lipinski definition) is 3. The number of carbonyl (C=O) groups excluding carboxylic acids is 1. The van der Waals surface area contributed by atoms with Gasteiger partial charge in [0.25, 0.3) is 0 Å². The number of fused-ring (bicyclic) bond motifs is 1. The number of nitrogens with zero attached hydrogens (tertiary/aromatic N) is 4. The van der Waals surface area contributed by atoms with E-state index >= 15 is 0 Å². The molecule has 152 valence electrons. The fraction of sp³-hybridized carbons (Fsp3) is 0.609. The number of piperidine rings is 1. The molecule has 2 aromatic rings. The van der Waals surface area contributed by atoms with Crippen LogP contribution >= 0.6 is 0 Å². The zero-order valence-electron chi connectivity index (χ0n) is 17.3. The van der Waals surface area contributed by atoms with Gasteiger partial charge in [0.05, 0.1) is 6.67 Å². The molecule has 5 heteroatoms. The summed E-state index contributed by atoms with van der Waals surface area (Å²) < 4.78 is 2.41. The van der Waals surface area contributed by atoms with Crippen LogP contribution in [-0.2, 0) is 17.9 Å². The predicted molar refractivity (Wildman–Crippen MR) is 114 cm³/mol. The van der Waals surface area contributed by atoms with Crippen molar-refractivity contribution >= 4 is 16.8 Å². The van der Waals surface area contributed by atoms with Crippen LogP contribution in [0.15, 0.2) is 30.5 Å². The Labute approximate surface area is 168 Å². The van der Waals surface area contributed by atoms with Gasteiger partial charge in [0.1, 0.15) is 0 Å². The lowest BCUT2D eigenvalue weighted by Gasteiger charge is -2.32. The standard InChI is InChI=1S/C23H34N4O/c1-24-14-16-26(17-15-24)23(28)11-7-8-20-18-27(19-25-12-5-2-6-13-25)22-10-4-3-9-21(20)22/h3-4,9-10,18H,2,5-8,11-17,19H2,1H3. The first-order chi connectivity index (χ1) is 13.7. The van der Waals surface area contributed by atoms with E-state index in [9.17, 15) is 4.79 Å². The number of likely N-dealkylation sites (N-methyl/N-ethyl adjacent to an activating group) is 1. The van der Waals surface area contributed by atoms with E-state index in [1.54, 1.807) is 0 Å². The number of piperazine rings is 1. The lowest BCUT2D eigenvalue weighted by atomic mass is 10.1. The summed E-state index contributed by atoms with van der Waals surface area (Å²) in [6.07, 6.45) is 8.92. The van der Waals surface area contributed by atoms with Gasteiger partial charge in [-0.15, -0.1) is 0 Å². The molecule has 0 saturated carbocycles. The molecule has 2 aliphatic rings. The van der Waals surface area contributed by atoms with E-state index in [2.05, 4.69) is 51.9 Å². The van der Waals surface area contributed by atoms with Crippen LogP contribution in [0.2, 0.25) is 0 Å². The maximum absolute atomic E-state index is 12.5. The molecule has 2 fully saturated rings. The molecule has 4 rings (SSSR count). The SMILES string of the molecule is CN1CCN(C(=O)CCCc2cn(CN3CCCCC3)c3ccccc23)CC1. The summed E-state index contributed by atoms with van der Waals surface area (Å²) in [7, 11) is 2.13. The van der Waals surface area contributed by atoms with Gasteiger partial charge in [-0.2, -0.15) is 0 Å². The highest BCUT2D eigenvalue weighted by molar-refractivity contribution is 5.84. The number of hydrogen-bond donors (Lipinski definition) is 0. The number of rotatable bonds is 6. The Morgan fingerprint density at radius 3 is 2.50 bits per heavy atom. The minimum atomic E-state index is 0.324. The summed E-state index contributed by atoms with van der Waals surface area (Å²) in [5.74, 6) is 0.324. The molecule has 0 aliphatic carbocycles. The van der Waals surface area contributed by atoms with Crippen LogP contribution in [0.4, 0.5) is 0 Å². The third kappa shape index (κ3) is 4.58. The van der Waals surface area contributed by atoms with Crippen molar-refractivity contribution in [2.45, 2.75) is 45.2 Å². The topological polar surface area (TPSA) is 31.7 Å². The van der Waals surface area contributed by atoms with Crippen LogP contribution < -0.4 is 0 Å². The average molecular weight is 383 g/mol. The molecule has 0 atom stereocenters. The lowest BCUT2D eigenvalue weighted by Crippen LogP contribution is -2.47.